The molecule has 1 saturated heterocycles. The number of carbonyl (C=O) groups excluding carboxylic acids is 2. The van der Waals surface area contributed by atoms with Gasteiger partial charge in [0.1, 0.15) is 5.82 Å². The van der Waals surface area contributed by atoms with Gasteiger partial charge in [-0.2, -0.15) is 0 Å². The van der Waals surface area contributed by atoms with Crippen molar-refractivity contribution in [1.82, 2.24) is 19.6 Å². The first-order valence-electron chi connectivity index (χ1n) is 9.18. The zero-order valence-electron chi connectivity index (χ0n) is 15.7. The summed E-state index contributed by atoms with van der Waals surface area (Å²) in [5, 5.41) is 9.13. The van der Waals surface area contributed by atoms with Crippen LogP contribution in [0.3, 0.4) is 0 Å². The summed E-state index contributed by atoms with van der Waals surface area (Å²) in [6.07, 6.45) is 1.84. The summed E-state index contributed by atoms with van der Waals surface area (Å²) >= 11 is 0. The van der Waals surface area contributed by atoms with Gasteiger partial charge in [-0.05, 0) is 31.0 Å². The average molecular weight is 387 g/mol. The van der Waals surface area contributed by atoms with Crippen molar-refractivity contribution in [2.45, 2.75) is 32.1 Å². The molecule has 0 aliphatic carbocycles. The van der Waals surface area contributed by atoms with Crippen LogP contribution in [0.15, 0.2) is 41.2 Å². The molecule has 2 atom stereocenters. The van der Waals surface area contributed by atoms with E-state index in [4.69, 9.17) is 5.11 Å². The summed E-state index contributed by atoms with van der Waals surface area (Å²) in [7, 11) is 1.63. The molecule has 0 radical (unpaired) electrons. The van der Waals surface area contributed by atoms with E-state index >= 15 is 0 Å². The standard InChI is InChI=1S/C19H22FN5O3/c1-12-10-24-15-16(21-18(24)23(12)8-3-9-26)22(2)19(28)25(17(15)27)11-13-4-6-14(20)7-5-13/h4-7,10,15-16,26H,3,8-9,11H2,1-2H3. The Kier molecular flexibility index (Phi) is 4.54. The molecule has 1 N–H and O–H groups in total. The van der Waals surface area contributed by atoms with E-state index in [1.807, 2.05) is 18.0 Å². The smallest absolute Gasteiger partial charge is 0.328 e. The number of aliphatic imine (C=N–C) groups is 1. The molecular formula is C19H22FN5O3. The van der Waals surface area contributed by atoms with E-state index in [0.717, 1.165) is 5.70 Å². The van der Waals surface area contributed by atoms with E-state index in [-0.39, 0.29) is 24.9 Å². The van der Waals surface area contributed by atoms with Crippen LogP contribution in [0, 0.1) is 5.82 Å². The number of carbonyl (C=O) groups is 2. The second kappa shape index (κ2) is 6.90. The van der Waals surface area contributed by atoms with Gasteiger partial charge in [-0.25, -0.2) is 14.2 Å². The molecule has 0 aromatic heterocycles. The lowest BCUT2D eigenvalue weighted by Gasteiger charge is -2.40. The molecular weight excluding hydrogens is 365 g/mol. The van der Waals surface area contributed by atoms with Crippen molar-refractivity contribution in [2.75, 3.05) is 20.2 Å². The first-order chi connectivity index (χ1) is 13.4. The number of rotatable bonds is 5. The lowest BCUT2D eigenvalue weighted by atomic mass is 10.1. The fourth-order valence-corrected chi connectivity index (χ4v) is 3.82. The lowest BCUT2D eigenvalue weighted by molar-refractivity contribution is -0.137. The van der Waals surface area contributed by atoms with E-state index in [0.29, 0.717) is 24.5 Å². The summed E-state index contributed by atoms with van der Waals surface area (Å²) in [5.74, 6) is -0.0754. The Bertz CT molecular complexity index is 869. The topological polar surface area (TPSA) is 79.7 Å². The van der Waals surface area contributed by atoms with Gasteiger partial charge in [0, 0.05) is 32.1 Å². The molecule has 4 rings (SSSR count). The molecule has 1 aromatic carbocycles. The van der Waals surface area contributed by atoms with Gasteiger partial charge in [0.25, 0.3) is 5.91 Å². The van der Waals surface area contributed by atoms with Gasteiger partial charge < -0.3 is 19.8 Å². The predicted molar refractivity (Wildman–Crippen MR) is 99.1 cm³/mol. The van der Waals surface area contributed by atoms with E-state index in [9.17, 15) is 14.0 Å². The molecule has 8 nitrogen and oxygen atoms in total. The predicted octanol–water partition coefficient (Wildman–Crippen LogP) is 1.15. The molecule has 0 saturated carbocycles. The van der Waals surface area contributed by atoms with Crippen molar-refractivity contribution in [1.29, 1.82) is 0 Å². The number of guanidine groups is 1. The fraction of sp³-hybridized carbons (Fsp3) is 0.421. The molecule has 28 heavy (non-hydrogen) atoms. The molecule has 3 aliphatic heterocycles. The number of nitrogens with zero attached hydrogens (tertiary/aromatic N) is 5. The van der Waals surface area contributed by atoms with E-state index < -0.39 is 18.2 Å². The van der Waals surface area contributed by atoms with Gasteiger partial charge in [-0.1, -0.05) is 12.1 Å². The lowest BCUT2D eigenvalue weighted by Crippen LogP contribution is -2.63. The number of fused-ring (bicyclic) bond motifs is 3. The van der Waals surface area contributed by atoms with E-state index in [2.05, 4.69) is 4.99 Å². The number of hydrogen-bond acceptors (Lipinski definition) is 6. The highest BCUT2D eigenvalue weighted by Crippen LogP contribution is 2.34. The number of aliphatic hydroxyl groups is 1. The number of halogens is 1. The van der Waals surface area contributed by atoms with Gasteiger partial charge in [0.15, 0.2) is 12.2 Å². The van der Waals surface area contributed by atoms with Crippen LogP contribution >= 0.6 is 0 Å². The highest BCUT2D eigenvalue weighted by atomic mass is 19.1. The van der Waals surface area contributed by atoms with Crippen LogP contribution in [-0.4, -0.2) is 75.0 Å². The number of imide groups is 1. The second-order valence-electron chi connectivity index (χ2n) is 7.14. The third-order valence-corrected chi connectivity index (χ3v) is 5.30. The Hall–Kier alpha value is -2.94. The number of amides is 3. The average Bonchev–Trinajstić information content (AvgIpc) is 3.18. The van der Waals surface area contributed by atoms with E-state index in [1.165, 1.54) is 21.9 Å². The molecule has 0 spiro atoms. The van der Waals surface area contributed by atoms with Crippen molar-refractivity contribution < 1.29 is 19.1 Å². The summed E-state index contributed by atoms with van der Waals surface area (Å²) < 4.78 is 13.2. The monoisotopic (exact) mass is 387 g/mol. The second-order valence-corrected chi connectivity index (χ2v) is 7.14. The Labute approximate surface area is 162 Å². The fourth-order valence-electron chi connectivity index (χ4n) is 3.82. The third-order valence-electron chi connectivity index (χ3n) is 5.30. The minimum Gasteiger partial charge on any atom is -0.396 e. The SMILES string of the molecule is CC1=CN2C(=NC3C2C(=O)N(Cc2ccc(F)cc2)C(=O)N3C)N1CCCO. The van der Waals surface area contributed by atoms with Crippen molar-refractivity contribution in [3.8, 4) is 0 Å². The molecule has 0 bridgehead atoms. The number of likely N-dealkylation sites (N-methyl/N-ethyl adjacent to an activating group) is 1. The van der Waals surface area contributed by atoms with Crippen LogP contribution in [0.2, 0.25) is 0 Å². The van der Waals surface area contributed by atoms with Crippen LogP contribution in [-0.2, 0) is 11.3 Å². The Morgan fingerprint density at radius 3 is 2.57 bits per heavy atom. The summed E-state index contributed by atoms with van der Waals surface area (Å²) in [6.45, 7) is 2.64. The van der Waals surface area contributed by atoms with Gasteiger partial charge in [-0.15, -0.1) is 0 Å². The van der Waals surface area contributed by atoms with Crippen LogP contribution in [0.1, 0.15) is 18.9 Å². The normalized spacial score (nSPS) is 23.9. The minimum absolute atomic E-state index is 0.0622. The molecule has 3 amide bonds. The first kappa shape index (κ1) is 18.4. The Morgan fingerprint density at radius 1 is 1.18 bits per heavy atom. The zero-order chi connectivity index (χ0) is 20.0. The van der Waals surface area contributed by atoms with Crippen molar-refractivity contribution in [3.63, 3.8) is 0 Å². The Morgan fingerprint density at radius 2 is 1.89 bits per heavy atom. The molecule has 3 heterocycles. The molecule has 2 unspecified atom stereocenters. The third kappa shape index (κ3) is 2.82. The summed E-state index contributed by atoms with van der Waals surface area (Å²) in [4.78, 5) is 37.0. The Balaban J connectivity index is 1.60. The summed E-state index contributed by atoms with van der Waals surface area (Å²) in [5.41, 5.74) is 1.61. The highest BCUT2D eigenvalue weighted by Gasteiger charge is 2.54. The summed E-state index contributed by atoms with van der Waals surface area (Å²) in [6, 6.07) is 4.69. The number of benzene rings is 1. The minimum atomic E-state index is -0.632. The van der Waals surface area contributed by atoms with Gasteiger partial charge in [0.2, 0.25) is 5.96 Å². The maximum Gasteiger partial charge on any atom is 0.328 e. The van der Waals surface area contributed by atoms with Gasteiger partial charge >= 0.3 is 6.03 Å². The van der Waals surface area contributed by atoms with Crippen molar-refractivity contribution in [2.24, 2.45) is 4.99 Å². The van der Waals surface area contributed by atoms with Crippen LogP contribution < -0.4 is 0 Å². The number of aliphatic hydroxyl groups excluding tert-OH is 1. The quantitative estimate of drug-likeness (QED) is 0.820. The van der Waals surface area contributed by atoms with Gasteiger partial charge in [-0.3, -0.25) is 9.69 Å². The molecule has 1 fully saturated rings. The maximum atomic E-state index is 13.2. The van der Waals surface area contributed by atoms with Crippen LogP contribution in [0.4, 0.5) is 9.18 Å². The maximum absolute atomic E-state index is 13.2. The van der Waals surface area contributed by atoms with Crippen LogP contribution in [0.5, 0.6) is 0 Å². The number of hydrogen-bond donors (Lipinski definition) is 1. The molecule has 148 valence electrons. The molecule has 3 aliphatic rings. The molecule has 1 aromatic rings. The van der Waals surface area contributed by atoms with E-state index in [1.54, 1.807) is 24.1 Å². The van der Waals surface area contributed by atoms with Crippen molar-refractivity contribution in [3.05, 3.63) is 47.5 Å². The largest absolute Gasteiger partial charge is 0.396 e. The molecule has 9 heteroatoms. The number of urea groups is 1. The van der Waals surface area contributed by atoms with Crippen LogP contribution in [0.25, 0.3) is 0 Å². The first-order valence-corrected chi connectivity index (χ1v) is 9.18. The zero-order valence-corrected chi connectivity index (χ0v) is 15.7. The number of allylic oxidation sites excluding steroid dienone is 1. The highest BCUT2D eigenvalue weighted by molar-refractivity contribution is 6.04. The van der Waals surface area contributed by atoms with Gasteiger partial charge in [0.05, 0.1) is 6.54 Å². The van der Waals surface area contributed by atoms with Crippen molar-refractivity contribution >= 4 is 17.9 Å².